The summed E-state index contributed by atoms with van der Waals surface area (Å²) in [6, 6.07) is 1.12. The molecular formula is C17H27N3O3. The van der Waals surface area contributed by atoms with Crippen molar-refractivity contribution in [1.82, 2.24) is 10.5 Å². The van der Waals surface area contributed by atoms with Crippen LogP contribution in [0.25, 0.3) is 0 Å². The lowest BCUT2D eigenvalue weighted by molar-refractivity contribution is -0.130. The normalized spacial score (nSPS) is 17.0. The molecule has 0 bridgehead atoms. The smallest absolute Gasteiger partial charge is 0.248 e. The molecule has 128 valence electrons. The van der Waals surface area contributed by atoms with Gasteiger partial charge in [-0.2, -0.15) is 0 Å². The van der Waals surface area contributed by atoms with Crippen molar-refractivity contribution in [2.75, 3.05) is 5.32 Å². The van der Waals surface area contributed by atoms with Gasteiger partial charge < -0.3 is 15.2 Å². The number of anilines is 1. The zero-order chi connectivity index (χ0) is 16.8. The summed E-state index contributed by atoms with van der Waals surface area (Å²) < 4.78 is 4.95. The van der Waals surface area contributed by atoms with Gasteiger partial charge in [0.2, 0.25) is 11.8 Å². The largest absolute Gasteiger partial charge is 0.360 e. The highest BCUT2D eigenvalue weighted by Gasteiger charge is 2.27. The second-order valence-corrected chi connectivity index (χ2v) is 6.84. The van der Waals surface area contributed by atoms with Crippen LogP contribution in [-0.2, 0) is 9.59 Å². The van der Waals surface area contributed by atoms with Crippen LogP contribution in [0, 0.1) is 18.8 Å². The minimum Gasteiger partial charge on any atom is -0.360 e. The van der Waals surface area contributed by atoms with Gasteiger partial charge >= 0.3 is 0 Å². The van der Waals surface area contributed by atoms with E-state index in [1.165, 1.54) is 6.42 Å². The van der Waals surface area contributed by atoms with Crippen molar-refractivity contribution in [2.24, 2.45) is 11.8 Å². The fourth-order valence-corrected chi connectivity index (χ4v) is 3.00. The van der Waals surface area contributed by atoms with Crippen molar-refractivity contribution in [3.05, 3.63) is 11.8 Å². The Balaban J connectivity index is 1.97. The van der Waals surface area contributed by atoms with Crippen molar-refractivity contribution in [3.63, 3.8) is 0 Å². The molecule has 1 heterocycles. The summed E-state index contributed by atoms with van der Waals surface area (Å²) in [4.78, 5) is 24.9. The van der Waals surface area contributed by atoms with Gasteiger partial charge in [0.15, 0.2) is 5.82 Å². The van der Waals surface area contributed by atoms with E-state index in [4.69, 9.17) is 4.52 Å². The standard InChI is InChI=1S/C17H27N3O3/c1-11(2)9-14(17(22)19-15-10-12(3)23-20-15)18-16(21)13-7-5-4-6-8-13/h10-11,13-14H,4-9H2,1-3H3,(H,18,21)(H,19,20,22)/t14-/m0/s1. The first-order valence-corrected chi connectivity index (χ1v) is 8.50. The predicted molar refractivity (Wildman–Crippen MR) is 87.8 cm³/mol. The third-order valence-electron chi connectivity index (χ3n) is 4.20. The van der Waals surface area contributed by atoms with Crippen molar-refractivity contribution >= 4 is 17.6 Å². The molecule has 6 nitrogen and oxygen atoms in total. The lowest BCUT2D eigenvalue weighted by Crippen LogP contribution is -2.47. The van der Waals surface area contributed by atoms with Crippen LogP contribution < -0.4 is 10.6 Å². The first-order chi connectivity index (χ1) is 11.0. The molecule has 0 spiro atoms. The molecule has 1 aromatic heterocycles. The lowest BCUT2D eigenvalue weighted by Gasteiger charge is -2.25. The maximum absolute atomic E-state index is 12.5. The fourth-order valence-electron chi connectivity index (χ4n) is 3.00. The quantitative estimate of drug-likeness (QED) is 0.843. The second kappa shape index (κ2) is 8.13. The predicted octanol–water partition coefficient (Wildman–Crippen LogP) is 3.03. The number of aromatic nitrogens is 1. The molecule has 0 saturated heterocycles. The Morgan fingerprint density at radius 2 is 2.00 bits per heavy atom. The third-order valence-corrected chi connectivity index (χ3v) is 4.20. The van der Waals surface area contributed by atoms with E-state index in [0.717, 1.165) is 25.7 Å². The van der Waals surface area contributed by atoms with Crippen LogP contribution in [0.4, 0.5) is 5.82 Å². The Morgan fingerprint density at radius 3 is 2.57 bits per heavy atom. The number of amides is 2. The SMILES string of the molecule is Cc1cc(NC(=O)[C@H](CC(C)C)NC(=O)C2CCCCC2)no1. The molecule has 1 aliphatic rings. The molecule has 6 heteroatoms. The van der Waals surface area contributed by atoms with E-state index in [1.807, 2.05) is 13.8 Å². The fraction of sp³-hybridized carbons (Fsp3) is 0.706. The number of carbonyl (C=O) groups is 2. The van der Waals surface area contributed by atoms with Gasteiger partial charge in [0, 0.05) is 12.0 Å². The summed E-state index contributed by atoms with van der Waals surface area (Å²) in [6.07, 6.45) is 5.83. The Morgan fingerprint density at radius 1 is 1.30 bits per heavy atom. The molecule has 1 atom stereocenters. The summed E-state index contributed by atoms with van der Waals surface area (Å²) in [6.45, 7) is 5.83. The number of hydrogen-bond donors (Lipinski definition) is 2. The first-order valence-electron chi connectivity index (χ1n) is 8.50. The number of nitrogens with one attached hydrogen (secondary N) is 2. The van der Waals surface area contributed by atoms with Crippen molar-refractivity contribution < 1.29 is 14.1 Å². The number of nitrogens with zero attached hydrogens (tertiary/aromatic N) is 1. The summed E-state index contributed by atoms with van der Waals surface area (Å²) >= 11 is 0. The van der Waals surface area contributed by atoms with E-state index in [1.54, 1.807) is 13.0 Å². The molecule has 1 fully saturated rings. The maximum atomic E-state index is 12.5. The van der Waals surface area contributed by atoms with Gasteiger partial charge in [-0.05, 0) is 32.1 Å². The number of aryl methyl sites for hydroxylation is 1. The van der Waals surface area contributed by atoms with Crippen LogP contribution in [-0.4, -0.2) is 23.0 Å². The van der Waals surface area contributed by atoms with E-state index in [2.05, 4.69) is 15.8 Å². The van der Waals surface area contributed by atoms with Crippen LogP contribution in [0.15, 0.2) is 10.6 Å². The van der Waals surface area contributed by atoms with Gasteiger partial charge in [0.25, 0.3) is 0 Å². The average Bonchev–Trinajstić information content (AvgIpc) is 2.92. The van der Waals surface area contributed by atoms with Crippen LogP contribution >= 0.6 is 0 Å². The van der Waals surface area contributed by atoms with E-state index in [9.17, 15) is 9.59 Å². The lowest BCUT2D eigenvalue weighted by atomic mass is 9.88. The molecular weight excluding hydrogens is 294 g/mol. The van der Waals surface area contributed by atoms with Crippen molar-refractivity contribution in [1.29, 1.82) is 0 Å². The maximum Gasteiger partial charge on any atom is 0.248 e. The van der Waals surface area contributed by atoms with Gasteiger partial charge in [-0.1, -0.05) is 38.3 Å². The second-order valence-electron chi connectivity index (χ2n) is 6.84. The number of rotatable bonds is 6. The molecule has 1 aromatic rings. The average molecular weight is 321 g/mol. The summed E-state index contributed by atoms with van der Waals surface area (Å²) in [5, 5.41) is 9.42. The van der Waals surface area contributed by atoms with Crippen LogP contribution in [0.2, 0.25) is 0 Å². The van der Waals surface area contributed by atoms with E-state index < -0.39 is 6.04 Å². The monoisotopic (exact) mass is 321 g/mol. The van der Waals surface area contributed by atoms with Crippen LogP contribution in [0.3, 0.4) is 0 Å². The van der Waals surface area contributed by atoms with Gasteiger partial charge in [-0.3, -0.25) is 9.59 Å². The Kier molecular flexibility index (Phi) is 6.19. The van der Waals surface area contributed by atoms with E-state index in [-0.39, 0.29) is 17.7 Å². The molecule has 2 N–H and O–H groups in total. The van der Waals surface area contributed by atoms with Gasteiger partial charge in [0.05, 0.1) is 0 Å². The Bertz CT molecular complexity index is 533. The highest BCUT2D eigenvalue weighted by atomic mass is 16.5. The molecule has 0 unspecified atom stereocenters. The van der Waals surface area contributed by atoms with Crippen LogP contribution in [0.1, 0.15) is 58.1 Å². The van der Waals surface area contributed by atoms with E-state index in [0.29, 0.717) is 23.9 Å². The van der Waals surface area contributed by atoms with Gasteiger partial charge in [-0.15, -0.1) is 0 Å². The topological polar surface area (TPSA) is 84.2 Å². The van der Waals surface area contributed by atoms with Crippen LogP contribution in [0.5, 0.6) is 0 Å². The molecule has 1 aliphatic carbocycles. The summed E-state index contributed by atoms with van der Waals surface area (Å²) in [7, 11) is 0. The first kappa shape index (κ1) is 17.5. The molecule has 2 rings (SSSR count). The Hall–Kier alpha value is -1.85. The molecule has 2 amide bonds. The number of hydrogen-bond acceptors (Lipinski definition) is 4. The zero-order valence-electron chi connectivity index (χ0n) is 14.2. The minimum atomic E-state index is -0.540. The van der Waals surface area contributed by atoms with Gasteiger partial charge in [0.1, 0.15) is 11.8 Å². The minimum absolute atomic E-state index is 0.00170. The van der Waals surface area contributed by atoms with Crippen molar-refractivity contribution in [3.8, 4) is 0 Å². The zero-order valence-corrected chi connectivity index (χ0v) is 14.2. The molecule has 23 heavy (non-hydrogen) atoms. The Labute approximate surface area is 137 Å². The highest BCUT2D eigenvalue weighted by Crippen LogP contribution is 2.24. The number of carbonyl (C=O) groups excluding carboxylic acids is 2. The van der Waals surface area contributed by atoms with Crippen molar-refractivity contribution in [2.45, 2.75) is 65.3 Å². The molecule has 0 aliphatic heterocycles. The third kappa shape index (κ3) is 5.37. The highest BCUT2D eigenvalue weighted by molar-refractivity contribution is 5.96. The molecule has 1 saturated carbocycles. The molecule has 0 aromatic carbocycles. The summed E-state index contributed by atoms with van der Waals surface area (Å²) in [5.41, 5.74) is 0. The summed E-state index contributed by atoms with van der Waals surface area (Å²) in [5.74, 6) is 1.12. The molecule has 0 radical (unpaired) electrons. The van der Waals surface area contributed by atoms with E-state index >= 15 is 0 Å². The van der Waals surface area contributed by atoms with Gasteiger partial charge in [-0.25, -0.2) is 0 Å².